The van der Waals surface area contributed by atoms with Crippen LogP contribution in [0.1, 0.15) is 5.56 Å². The van der Waals surface area contributed by atoms with Gasteiger partial charge < -0.3 is 10.3 Å². The molecule has 0 saturated carbocycles. The van der Waals surface area contributed by atoms with Crippen LogP contribution in [0.4, 0.5) is 4.39 Å². The molecule has 3 nitrogen and oxygen atoms in total. The van der Waals surface area contributed by atoms with Crippen molar-refractivity contribution < 1.29 is 4.39 Å². The van der Waals surface area contributed by atoms with Crippen LogP contribution in [0.2, 0.25) is 0 Å². The summed E-state index contributed by atoms with van der Waals surface area (Å²) in [5.41, 5.74) is 6.67. The summed E-state index contributed by atoms with van der Waals surface area (Å²) in [6.45, 7) is 0.215. The second-order valence-corrected chi connectivity index (χ2v) is 3.37. The molecule has 0 spiro atoms. The van der Waals surface area contributed by atoms with E-state index in [-0.39, 0.29) is 12.4 Å². The normalized spacial score (nSPS) is 10.6. The summed E-state index contributed by atoms with van der Waals surface area (Å²) in [5, 5.41) is 0. The van der Waals surface area contributed by atoms with Gasteiger partial charge in [0.15, 0.2) is 0 Å². The number of nitrogens with two attached hydrogens (primary N) is 1. The van der Waals surface area contributed by atoms with Gasteiger partial charge in [-0.25, -0.2) is 9.37 Å². The smallest absolute Gasteiger partial charge is 0.139 e. The van der Waals surface area contributed by atoms with Gasteiger partial charge in [-0.05, 0) is 6.07 Å². The van der Waals surface area contributed by atoms with Crippen LogP contribution in [0.5, 0.6) is 0 Å². The molecule has 0 unspecified atom stereocenters. The van der Waals surface area contributed by atoms with Gasteiger partial charge in [0.25, 0.3) is 0 Å². The van der Waals surface area contributed by atoms with Crippen molar-refractivity contribution in [2.45, 2.75) is 6.54 Å². The van der Waals surface area contributed by atoms with Gasteiger partial charge in [-0.1, -0.05) is 12.1 Å². The van der Waals surface area contributed by atoms with Crippen LogP contribution < -0.4 is 5.73 Å². The zero-order valence-electron chi connectivity index (χ0n) is 8.44. The Balaban J connectivity index is 2.47. The summed E-state index contributed by atoms with van der Waals surface area (Å²) in [4.78, 5) is 4.15. The van der Waals surface area contributed by atoms with E-state index >= 15 is 0 Å². The average molecular weight is 205 g/mol. The van der Waals surface area contributed by atoms with Gasteiger partial charge in [0.05, 0.1) is 0 Å². The van der Waals surface area contributed by atoms with E-state index in [9.17, 15) is 4.39 Å². The van der Waals surface area contributed by atoms with Crippen LogP contribution in [0.25, 0.3) is 11.4 Å². The zero-order valence-corrected chi connectivity index (χ0v) is 8.44. The first-order valence-electron chi connectivity index (χ1n) is 4.68. The van der Waals surface area contributed by atoms with E-state index in [0.29, 0.717) is 5.56 Å². The topological polar surface area (TPSA) is 43.8 Å². The van der Waals surface area contributed by atoms with Gasteiger partial charge in [0, 0.05) is 37.1 Å². The number of imidazole rings is 1. The van der Waals surface area contributed by atoms with E-state index in [4.69, 9.17) is 5.73 Å². The number of hydrogen-bond donors (Lipinski definition) is 1. The fraction of sp³-hybridized carbons (Fsp3) is 0.182. The first-order chi connectivity index (χ1) is 7.22. The first kappa shape index (κ1) is 9.86. The summed E-state index contributed by atoms with van der Waals surface area (Å²) in [5.74, 6) is 0.468. The number of nitrogens with zero attached hydrogens (tertiary/aromatic N) is 2. The molecule has 0 aliphatic carbocycles. The third kappa shape index (κ3) is 1.76. The SMILES string of the molecule is Cn1ccnc1-c1ccc(CN)c(F)c1. The van der Waals surface area contributed by atoms with Crippen LogP contribution >= 0.6 is 0 Å². The zero-order chi connectivity index (χ0) is 10.8. The van der Waals surface area contributed by atoms with Crippen LogP contribution in [-0.4, -0.2) is 9.55 Å². The van der Waals surface area contributed by atoms with Crippen molar-refractivity contribution in [2.24, 2.45) is 12.8 Å². The minimum atomic E-state index is -0.280. The van der Waals surface area contributed by atoms with Gasteiger partial charge in [0.1, 0.15) is 11.6 Å². The van der Waals surface area contributed by atoms with Crippen LogP contribution in [-0.2, 0) is 13.6 Å². The van der Waals surface area contributed by atoms with Gasteiger partial charge in [-0.15, -0.1) is 0 Å². The highest BCUT2D eigenvalue weighted by molar-refractivity contribution is 5.56. The first-order valence-corrected chi connectivity index (χ1v) is 4.68. The second kappa shape index (κ2) is 3.82. The van der Waals surface area contributed by atoms with E-state index in [0.717, 1.165) is 11.4 Å². The van der Waals surface area contributed by atoms with Crippen LogP contribution in [0, 0.1) is 5.82 Å². The van der Waals surface area contributed by atoms with Crippen molar-refractivity contribution in [2.75, 3.05) is 0 Å². The highest BCUT2D eigenvalue weighted by Crippen LogP contribution is 2.19. The molecule has 0 atom stereocenters. The summed E-state index contributed by atoms with van der Waals surface area (Å²) < 4.78 is 15.3. The molecule has 0 radical (unpaired) electrons. The quantitative estimate of drug-likeness (QED) is 0.810. The van der Waals surface area contributed by atoms with E-state index in [1.807, 2.05) is 23.9 Å². The monoisotopic (exact) mass is 205 g/mol. The standard InChI is InChI=1S/C11H12FN3/c1-15-5-4-14-11(15)8-2-3-9(7-13)10(12)6-8/h2-6H,7,13H2,1H3. The highest BCUT2D eigenvalue weighted by atomic mass is 19.1. The minimum Gasteiger partial charge on any atom is -0.334 e. The van der Waals surface area contributed by atoms with Gasteiger partial charge in [-0.3, -0.25) is 0 Å². The van der Waals surface area contributed by atoms with Crippen molar-refractivity contribution in [1.82, 2.24) is 9.55 Å². The van der Waals surface area contributed by atoms with E-state index in [2.05, 4.69) is 4.98 Å². The Morgan fingerprint density at radius 3 is 2.80 bits per heavy atom. The van der Waals surface area contributed by atoms with E-state index < -0.39 is 0 Å². The average Bonchev–Trinajstić information content (AvgIpc) is 2.64. The maximum atomic E-state index is 13.5. The van der Waals surface area contributed by atoms with Gasteiger partial charge in [-0.2, -0.15) is 0 Å². The lowest BCUT2D eigenvalue weighted by molar-refractivity contribution is 0.611. The fourth-order valence-electron chi connectivity index (χ4n) is 1.50. The van der Waals surface area contributed by atoms with Gasteiger partial charge >= 0.3 is 0 Å². The lowest BCUT2D eigenvalue weighted by Gasteiger charge is -2.04. The number of rotatable bonds is 2. The van der Waals surface area contributed by atoms with Crippen molar-refractivity contribution in [3.63, 3.8) is 0 Å². The Hall–Kier alpha value is -1.68. The molecule has 2 N–H and O–H groups in total. The van der Waals surface area contributed by atoms with Crippen LogP contribution in [0.15, 0.2) is 30.6 Å². The molecule has 1 heterocycles. The summed E-state index contributed by atoms with van der Waals surface area (Å²) in [7, 11) is 1.87. The predicted molar refractivity (Wildman–Crippen MR) is 56.5 cm³/mol. The number of aromatic nitrogens is 2. The molecule has 0 fully saturated rings. The molecular weight excluding hydrogens is 193 g/mol. The summed E-state index contributed by atoms with van der Waals surface area (Å²) in [6.07, 6.45) is 3.51. The molecule has 2 aromatic rings. The third-order valence-electron chi connectivity index (χ3n) is 2.35. The Morgan fingerprint density at radius 1 is 1.47 bits per heavy atom. The van der Waals surface area contributed by atoms with Crippen molar-refractivity contribution in [3.05, 3.63) is 42.0 Å². The maximum Gasteiger partial charge on any atom is 0.139 e. The molecule has 78 valence electrons. The molecule has 0 aliphatic heterocycles. The maximum absolute atomic E-state index is 13.5. The molecule has 0 amide bonds. The van der Waals surface area contributed by atoms with E-state index in [1.165, 1.54) is 6.07 Å². The molecule has 4 heteroatoms. The molecule has 0 aliphatic rings. The Bertz CT molecular complexity index is 476. The van der Waals surface area contributed by atoms with Crippen LogP contribution in [0.3, 0.4) is 0 Å². The molecule has 0 saturated heterocycles. The second-order valence-electron chi connectivity index (χ2n) is 3.37. The number of aryl methyl sites for hydroxylation is 1. The van der Waals surface area contributed by atoms with Crippen molar-refractivity contribution in [1.29, 1.82) is 0 Å². The number of benzene rings is 1. The Labute approximate surface area is 87.4 Å². The molecule has 15 heavy (non-hydrogen) atoms. The number of hydrogen-bond acceptors (Lipinski definition) is 2. The lowest BCUT2D eigenvalue weighted by Crippen LogP contribution is -2.00. The van der Waals surface area contributed by atoms with Crippen molar-refractivity contribution >= 4 is 0 Å². The summed E-state index contributed by atoms with van der Waals surface area (Å²) in [6, 6.07) is 4.98. The third-order valence-corrected chi connectivity index (χ3v) is 2.35. The fourth-order valence-corrected chi connectivity index (χ4v) is 1.50. The highest BCUT2D eigenvalue weighted by Gasteiger charge is 2.06. The number of halogens is 1. The Kier molecular flexibility index (Phi) is 2.51. The molecule has 1 aromatic heterocycles. The largest absolute Gasteiger partial charge is 0.334 e. The minimum absolute atomic E-state index is 0.215. The predicted octanol–water partition coefficient (Wildman–Crippen LogP) is 1.68. The Morgan fingerprint density at radius 2 is 2.27 bits per heavy atom. The molecule has 0 bridgehead atoms. The lowest BCUT2D eigenvalue weighted by atomic mass is 10.1. The molecule has 2 rings (SSSR count). The molecular formula is C11H12FN3. The van der Waals surface area contributed by atoms with Gasteiger partial charge in [0.2, 0.25) is 0 Å². The molecule has 1 aromatic carbocycles. The van der Waals surface area contributed by atoms with E-state index in [1.54, 1.807) is 12.3 Å². The summed E-state index contributed by atoms with van der Waals surface area (Å²) >= 11 is 0. The van der Waals surface area contributed by atoms with Crippen molar-refractivity contribution in [3.8, 4) is 11.4 Å².